The molecule has 1 aliphatic heterocycles. The predicted molar refractivity (Wildman–Crippen MR) is 81.2 cm³/mol. The number of piperazine rings is 1. The number of pyridine rings is 1. The number of nitrogen functional groups attached to an aromatic ring is 1. The quantitative estimate of drug-likeness (QED) is 0.911. The second-order valence-electron chi connectivity index (χ2n) is 5.73. The van der Waals surface area contributed by atoms with E-state index in [1.165, 1.54) is 25.7 Å². The van der Waals surface area contributed by atoms with E-state index in [-0.39, 0.29) is 0 Å². The van der Waals surface area contributed by atoms with Crippen molar-refractivity contribution in [2.75, 3.05) is 43.9 Å². The molecule has 2 fully saturated rings. The van der Waals surface area contributed by atoms with Gasteiger partial charge in [0.2, 0.25) is 5.88 Å². The van der Waals surface area contributed by atoms with Gasteiger partial charge in [0.1, 0.15) is 0 Å². The Hall–Kier alpha value is -1.49. The second kappa shape index (κ2) is 5.87. The maximum Gasteiger partial charge on any atom is 0.215 e. The molecule has 0 radical (unpaired) electrons. The highest BCUT2D eigenvalue weighted by Crippen LogP contribution is 2.28. The van der Waals surface area contributed by atoms with Crippen LogP contribution in [0.5, 0.6) is 5.88 Å². The molecule has 1 aromatic heterocycles. The number of aromatic nitrogens is 1. The minimum atomic E-state index is 0.632. The van der Waals surface area contributed by atoms with Gasteiger partial charge in [0, 0.05) is 38.3 Å². The molecule has 1 aromatic rings. The minimum absolute atomic E-state index is 0.632. The average molecular weight is 276 g/mol. The highest BCUT2D eigenvalue weighted by Gasteiger charge is 2.27. The standard InChI is InChI=1S/C15H24N4O/c1-20-14-7-6-13(16)15(17-14)19-10-8-18(9-11-19)12-4-2-3-5-12/h6-7,12H,2-5,8-11,16H2,1H3. The number of methoxy groups -OCH3 is 1. The van der Waals surface area contributed by atoms with Crippen molar-refractivity contribution < 1.29 is 4.74 Å². The van der Waals surface area contributed by atoms with Gasteiger partial charge in [-0.2, -0.15) is 4.98 Å². The summed E-state index contributed by atoms with van der Waals surface area (Å²) in [5, 5.41) is 0. The molecule has 1 saturated carbocycles. The molecular weight excluding hydrogens is 252 g/mol. The van der Waals surface area contributed by atoms with Crippen LogP contribution >= 0.6 is 0 Å². The molecule has 5 heteroatoms. The Bertz CT molecular complexity index is 451. The highest BCUT2D eigenvalue weighted by atomic mass is 16.5. The van der Waals surface area contributed by atoms with Gasteiger partial charge in [0.15, 0.2) is 5.82 Å². The van der Waals surface area contributed by atoms with Gasteiger partial charge in [-0.15, -0.1) is 0 Å². The molecule has 1 saturated heterocycles. The zero-order chi connectivity index (χ0) is 13.9. The van der Waals surface area contributed by atoms with Crippen molar-refractivity contribution >= 4 is 11.5 Å². The summed E-state index contributed by atoms with van der Waals surface area (Å²) in [4.78, 5) is 9.42. The normalized spacial score (nSPS) is 21.4. The van der Waals surface area contributed by atoms with E-state index in [1.807, 2.05) is 12.1 Å². The summed E-state index contributed by atoms with van der Waals surface area (Å²) < 4.78 is 5.20. The lowest BCUT2D eigenvalue weighted by Gasteiger charge is -2.38. The maximum absolute atomic E-state index is 6.06. The zero-order valence-corrected chi connectivity index (χ0v) is 12.2. The van der Waals surface area contributed by atoms with Crippen molar-refractivity contribution in [3.05, 3.63) is 12.1 Å². The van der Waals surface area contributed by atoms with Crippen molar-refractivity contribution in [2.45, 2.75) is 31.7 Å². The summed E-state index contributed by atoms with van der Waals surface area (Å²) in [6.07, 6.45) is 5.55. The van der Waals surface area contributed by atoms with Gasteiger partial charge in [-0.05, 0) is 18.9 Å². The highest BCUT2D eigenvalue weighted by molar-refractivity contribution is 5.63. The molecular formula is C15H24N4O. The van der Waals surface area contributed by atoms with Crippen molar-refractivity contribution in [1.82, 2.24) is 9.88 Å². The van der Waals surface area contributed by atoms with E-state index < -0.39 is 0 Å². The molecule has 0 aromatic carbocycles. The number of hydrogen-bond acceptors (Lipinski definition) is 5. The molecule has 0 atom stereocenters. The molecule has 110 valence electrons. The third-order valence-corrected chi connectivity index (χ3v) is 4.54. The first-order valence-corrected chi connectivity index (χ1v) is 7.57. The fourth-order valence-corrected chi connectivity index (χ4v) is 3.38. The molecule has 2 N–H and O–H groups in total. The third kappa shape index (κ3) is 2.68. The Labute approximate surface area is 120 Å². The Morgan fingerprint density at radius 2 is 1.85 bits per heavy atom. The Morgan fingerprint density at radius 3 is 2.50 bits per heavy atom. The Kier molecular flexibility index (Phi) is 3.96. The Morgan fingerprint density at radius 1 is 1.15 bits per heavy atom. The lowest BCUT2D eigenvalue weighted by molar-refractivity contribution is 0.187. The SMILES string of the molecule is COc1ccc(N)c(N2CCN(C3CCCC3)CC2)n1. The number of anilines is 2. The number of hydrogen-bond donors (Lipinski definition) is 1. The van der Waals surface area contributed by atoms with Crippen LogP contribution in [0.4, 0.5) is 11.5 Å². The van der Waals surface area contributed by atoms with E-state index in [0.717, 1.165) is 43.7 Å². The second-order valence-corrected chi connectivity index (χ2v) is 5.73. The lowest BCUT2D eigenvalue weighted by atomic mass is 10.2. The van der Waals surface area contributed by atoms with Crippen LogP contribution in [0.25, 0.3) is 0 Å². The average Bonchev–Trinajstić information content (AvgIpc) is 3.02. The largest absolute Gasteiger partial charge is 0.481 e. The summed E-state index contributed by atoms with van der Waals surface area (Å²) in [7, 11) is 1.64. The molecule has 0 spiro atoms. The smallest absolute Gasteiger partial charge is 0.215 e. The van der Waals surface area contributed by atoms with E-state index in [0.29, 0.717) is 5.88 Å². The van der Waals surface area contributed by atoms with Gasteiger partial charge >= 0.3 is 0 Å². The number of nitrogens with zero attached hydrogens (tertiary/aromatic N) is 3. The van der Waals surface area contributed by atoms with Crippen molar-refractivity contribution in [3.63, 3.8) is 0 Å². The van der Waals surface area contributed by atoms with Gasteiger partial charge in [0.25, 0.3) is 0 Å². The predicted octanol–water partition coefficient (Wildman–Crippen LogP) is 1.74. The fraction of sp³-hybridized carbons (Fsp3) is 0.667. The minimum Gasteiger partial charge on any atom is -0.481 e. The Balaban J connectivity index is 1.65. The molecule has 1 aliphatic carbocycles. The van der Waals surface area contributed by atoms with Crippen LogP contribution in [0.15, 0.2) is 12.1 Å². The summed E-state index contributed by atoms with van der Waals surface area (Å²) in [6, 6.07) is 4.51. The van der Waals surface area contributed by atoms with Gasteiger partial charge in [-0.1, -0.05) is 12.8 Å². The molecule has 5 nitrogen and oxygen atoms in total. The van der Waals surface area contributed by atoms with Crippen LogP contribution in [0.1, 0.15) is 25.7 Å². The van der Waals surface area contributed by atoms with E-state index in [4.69, 9.17) is 10.5 Å². The fourth-order valence-electron chi connectivity index (χ4n) is 3.38. The molecule has 2 aliphatic rings. The topological polar surface area (TPSA) is 54.6 Å². The van der Waals surface area contributed by atoms with Gasteiger partial charge in [-0.3, -0.25) is 4.90 Å². The van der Waals surface area contributed by atoms with E-state index in [9.17, 15) is 0 Å². The molecule has 0 bridgehead atoms. The molecule has 0 unspecified atom stereocenters. The van der Waals surface area contributed by atoms with Crippen LogP contribution in [0, 0.1) is 0 Å². The first kappa shape index (κ1) is 13.5. The first-order chi connectivity index (χ1) is 9.78. The summed E-state index contributed by atoms with van der Waals surface area (Å²) in [6.45, 7) is 4.23. The van der Waals surface area contributed by atoms with Crippen molar-refractivity contribution in [3.8, 4) is 5.88 Å². The summed E-state index contributed by atoms with van der Waals surface area (Å²) in [5.41, 5.74) is 6.79. The number of ether oxygens (including phenoxy) is 1. The van der Waals surface area contributed by atoms with Gasteiger partial charge in [-0.25, -0.2) is 0 Å². The zero-order valence-electron chi connectivity index (χ0n) is 12.2. The van der Waals surface area contributed by atoms with Crippen molar-refractivity contribution in [2.24, 2.45) is 0 Å². The molecule has 2 heterocycles. The van der Waals surface area contributed by atoms with E-state index >= 15 is 0 Å². The maximum atomic E-state index is 6.06. The van der Waals surface area contributed by atoms with Crippen molar-refractivity contribution in [1.29, 1.82) is 0 Å². The van der Waals surface area contributed by atoms with E-state index in [1.54, 1.807) is 7.11 Å². The first-order valence-electron chi connectivity index (χ1n) is 7.57. The lowest BCUT2D eigenvalue weighted by Crippen LogP contribution is -2.50. The molecule has 20 heavy (non-hydrogen) atoms. The molecule has 3 rings (SSSR count). The van der Waals surface area contributed by atoms with Crippen LogP contribution in [-0.2, 0) is 0 Å². The van der Waals surface area contributed by atoms with Gasteiger partial charge in [0.05, 0.1) is 12.8 Å². The number of nitrogens with two attached hydrogens (primary N) is 1. The third-order valence-electron chi connectivity index (χ3n) is 4.54. The number of rotatable bonds is 3. The summed E-state index contributed by atoms with van der Waals surface area (Å²) in [5.74, 6) is 1.50. The van der Waals surface area contributed by atoms with Crippen LogP contribution in [-0.4, -0.2) is 49.2 Å². The monoisotopic (exact) mass is 276 g/mol. The van der Waals surface area contributed by atoms with E-state index in [2.05, 4.69) is 14.8 Å². The molecule has 0 amide bonds. The van der Waals surface area contributed by atoms with Crippen LogP contribution < -0.4 is 15.4 Å². The summed E-state index contributed by atoms with van der Waals surface area (Å²) >= 11 is 0. The van der Waals surface area contributed by atoms with Gasteiger partial charge < -0.3 is 15.4 Å². The van der Waals surface area contributed by atoms with Crippen LogP contribution in [0.2, 0.25) is 0 Å². The van der Waals surface area contributed by atoms with Crippen LogP contribution in [0.3, 0.4) is 0 Å².